The van der Waals surface area contributed by atoms with Crippen molar-refractivity contribution in [3.8, 4) is 0 Å². The molecule has 0 saturated heterocycles. The number of benzene rings is 2. The van der Waals surface area contributed by atoms with Crippen molar-refractivity contribution >= 4 is 22.4 Å². The minimum atomic E-state index is -0.331. The number of nitrogens with zero attached hydrogens (tertiary/aromatic N) is 1. The summed E-state index contributed by atoms with van der Waals surface area (Å²) in [6.07, 6.45) is 3.13. The summed E-state index contributed by atoms with van der Waals surface area (Å²) in [7, 11) is 0. The van der Waals surface area contributed by atoms with Crippen LogP contribution in [0.15, 0.2) is 54.9 Å². The molecule has 124 valence electrons. The summed E-state index contributed by atoms with van der Waals surface area (Å²) in [6.45, 7) is 3.96. The van der Waals surface area contributed by atoms with Crippen LogP contribution in [0.2, 0.25) is 0 Å². The number of hydrogen-bond acceptors (Lipinski definition) is 1. The van der Waals surface area contributed by atoms with E-state index in [9.17, 15) is 9.18 Å². The molecule has 0 radical (unpaired) electrons. The SMILES string of the molecule is Cc1cccc(C)c1NC(=O)C[n+]1cc(F)c2ccccc2c1.[Br-]. The maximum Gasteiger partial charge on any atom is 0.290 e. The van der Waals surface area contributed by atoms with E-state index in [1.807, 2.05) is 44.2 Å². The maximum absolute atomic E-state index is 14.1. The summed E-state index contributed by atoms with van der Waals surface area (Å²) in [5, 5.41) is 4.24. The Morgan fingerprint density at radius 1 is 1.04 bits per heavy atom. The number of aromatic nitrogens is 1. The molecule has 1 N–H and O–H groups in total. The van der Waals surface area contributed by atoms with Crippen LogP contribution in [-0.4, -0.2) is 5.91 Å². The first-order chi connectivity index (χ1) is 11.0. The Kier molecular flexibility index (Phi) is 5.67. The lowest BCUT2D eigenvalue weighted by Gasteiger charge is -2.10. The fourth-order valence-corrected chi connectivity index (χ4v) is 2.71. The van der Waals surface area contributed by atoms with E-state index in [0.717, 1.165) is 22.2 Å². The number of anilines is 1. The molecule has 1 aromatic heterocycles. The summed E-state index contributed by atoms with van der Waals surface area (Å²) in [5.41, 5.74) is 2.83. The van der Waals surface area contributed by atoms with Gasteiger partial charge in [-0.3, -0.25) is 4.79 Å². The van der Waals surface area contributed by atoms with Gasteiger partial charge in [0.25, 0.3) is 5.91 Å². The van der Waals surface area contributed by atoms with Gasteiger partial charge in [-0.2, -0.15) is 8.96 Å². The summed E-state index contributed by atoms with van der Waals surface area (Å²) in [6, 6.07) is 13.1. The van der Waals surface area contributed by atoms with Crippen LogP contribution in [0.5, 0.6) is 0 Å². The molecule has 3 nitrogen and oxygen atoms in total. The number of rotatable bonds is 3. The molecule has 1 amide bonds. The van der Waals surface area contributed by atoms with Crippen molar-refractivity contribution in [1.82, 2.24) is 0 Å². The fourth-order valence-electron chi connectivity index (χ4n) is 2.71. The van der Waals surface area contributed by atoms with Crippen molar-refractivity contribution < 1.29 is 30.7 Å². The molecule has 0 bridgehead atoms. The first kappa shape index (κ1) is 18.1. The number of amides is 1. The number of pyridine rings is 1. The molecular formula is C19H18BrFN2O. The van der Waals surface area contributed by atoms with Gasteiger partial charge in [-0.25, -0.2) is 0 Å². The first-order valence-electron chi connectivity index (χ1n) is 7.48. The average Bonchev–Trinajstić information content (AvgIpc) is 2.51. The molecule has 0 aliphatic rings. The molecule has 3 rings (SSSR count). The molecule has 1 heterocycles. The van der Waals surface area contributed by atoms with Crippen molar-refractivity contribution in [2.75, 3.05) is 5.32 Å². The summed E-state index contributed by atoms with van der Waals surface area (Å²) in [5.74, 6) is -0.509. The quantitative estimate of drug-likeness (QED) is 0.652. The number of carbonyl (C=O) groups is 1. The molecule has 3 aromatic rings. The van der Waals surface area contributed by atoms with Crippen LogP contribution in [0.25, 0.3) is 10.8 Å². The number of para-hydroxylation sites is 1. The van der Waals surface area contributed by atoms with Gasteiger partial charge >= 0.3 is 0 Å². The predicted octanol–water partition coefficient (Wildman–Crippen LogP) is 0.526. The molecule has 5 heteroatoms. The van der Waals surface area contributed by atoms with Gasteiger partial charge in [0, 0.05) is 16.5 Å². The smallest absolute Gasteiger partial charge is 0.290 e. The molecular weight excluding hydrogens is 371 g/mol. The summed E-state index contributed by atoms with van der Waals surface area (Å²) in [4.78, 5) is 12.3. The monoisotopic (exact) mass is 388 g/mol. The third kappa shape index (κ3) is 3.79. The maximum atomic E-state index is 14.1. The van der Waals surface area contributed by atoms with Gasteiger partial charge in [-0.15, -0.1) is 0 Å². The lowest BCUT2D eigenvalue weighted by molar-refractivity contribution is -0.684. The topological polar surface area (TPSA) is 33.0 Å². The number of fused-ring (bicyclic) bond motifs is 1. The number of hydrogen-bond donors (Lipinski definition) is 1. The largest absolute Gasteiger partial charge is 1.00 e. The normalized spacial score (nSPS) is 10.3. The van der Waals surface area contributed by atoms with Gasteiger partial charge in [-0.05, 0) is 31.0 Å². The van der Waals surface area contributed by atoms with Crippen LogP contribution >= 0.6 is 0 Å². The van der Waals surface area contributed by atoms with Crippen LogP contribution in [0.3, 0.4) is 0 Å². The molecule has 24 heavy (non-hydrogen) atoms. The second-order valence-electron chi connectivity index (χ2n) is 5.68. The second kappa shape index (κ2) is 7.53. The number of aryl methyl sites for hydroxylation is 2. The van der Waals surface area contributed by atoms with E-state index >= 15 is 0 Å². The Morgan fingerprint density at radius 2 is 1.71 bits per heavy atom. The van der Waals surface area contributed by atoms with Crippen LogP contribution in [0, 0.1) is 19.7 Å². The molecule has 0 fully saturated rings. The van der Waals surface area contributed by atoms with E-state index in [4.69, 9.17) is 0 Å². The second-order valence-corrected chi connectivity index (χ2v) is 5.68. The molecule has 2 aromatic carbocycles. The van der Waals surface area contributed by atoms with Crippen molar-refractivity contribution in [2.45, 2.75) is 20.4 Å². The summed E-state index contributed by atoms with van der Waals surface area (Å²) >= 11 is 0. The van der Waals surface area contributed by atoms with Crippen LogP contribution < -0.4 is 26.9 Å². The zero-order valence-electron chi connectivity index (χ0n) is 13.5. The van der Waals surface area contributed by atoms with E-state index in [1.165, 1.54) is 6.20 Å². The van der Waals surface area contributed by atoms with Crippen LogP contribution in [0.4, 0.5) is 10.1 Å². The molecule has 0 aliphatic heterocycles. The van der Waals surface area contributed by atoms with Gasteiger partial charge in [0.05, 0.1) is 0 Å². The number of nitrogens with one attached hydrogen (secondary N) is 1. The predicted molar refractivity (Wildman–Crippen MR) is 88.6 cm³/mol. The summed E-state index contributed by atoms with van der Waals surface area (Å²) < 4.78 is 15.7. The minimum absolute atomic E-state index is 0. The van der Waals surface area contributed by atoms with Crippen molar-refractivity contribution in [2.24, 2.45) is 0 Å². The van der Waals surface area contributed by atoms with Crippen molar-refractivity contribution in [3.63, 3.8) is 0 Å². The third-order valence-corrected chi connectivity index (χ3v) is 3.87. The van der Waals surface area contributed by atoms with Crippen LogP contribution in [-0.2, 0) is 11.3 Å². The molecule has 0 saturated carbocycles. The molecule has 0 aliphatic carbocycles. The standard InChI is InChI=1S/C19H17FN2O.BrH/c1-13-6-5-7-14(2)19(13)21-18(23)12-22-10-15-8-3-4-9-16(15)17(20)11-22;/h3-11H,12H2,1-2H3;1H. The Balaban J connectivity index is 0.00000208. The highest BCUT2D eigenvalue weighted by molar-refractivity contribution is 5.91. The number of halogens is 2. The third-order valence-electron chi connectivity index (χ3n) is 3.87. The Labute approximate surface area is 150 Å². The van der Waals surface area contributed by atoms with Crippen LogP contribution in [0.1, 0.15) is 11.1 Å². The van der Waals surface area contributed by atoms with E-state index in [2.05, 4.69) is 5.32 Å². The molecule has 0 unspecified atom stereocenters. The number of carbonyl (C=O) groups excluding carboxylic acids is 1. The van der Waals surface area contributed by atoms with E-state index in [0.29, 0.717) is 5.39 Å². The zero-order valence-corrected chi connectivity index (χ0v) is 15.1. The van der Waals surface area contributed by atoms with Gasteiger partial charge in [-0.1, -0.05) is 36.4 Å². The van der Waals surface area contributed by atoms with Gasteiger partial charge in [0.2, 0.25) is 12.7 Å². The highest BCUT2D eigenvalue weighted by atomic mass is 79.9. The van der Waals surface area contributed by atoms with E-state index < -0.39 is 0 Å². The zero-order chi connectivity index (χ0) is 16.4. The van der Waals surface area contributed by atoms with Crippen molar-refractivity contribution in [1.29, 1.82) is 0 Å². The highest BCUT2D eigenvalue weighted by Gasteiger charge is 2.15. The molecule has 0 atom stereocenters. The lowest BCUT2D eigenvalue weighted by atomic mass is 10.1. The Morgan fingerprint density at radius 3 is 2.42 bits per heavy atom. The fraction of sp³-hybridized carbons (Fsp3) is 0.158. The van der Waals surface area contributed by atoms with Crippen molar-refractivity contribution in [3.05, 3.63) is 71.8 Å². The minimum Gasteiger partial charge on any atom is -1.00 e. The van der Waals surface area contributed by atoms with Gasteiger partial charge in [0.15, 0.2) is 12.0 Å². The van der Waals surface area contributed by atoms with Gasteiger partial charge < -0.3 is 22.3 Å². The first-order valence-corrected chi connectivity index (χ1v) is 7.48. The highest BCUT2D eigenvalue weighted by Crippen LogP contribution is 2.19. The molecule has 0 spiro atoms. The lowest BCUT2D eigenvalue weighted by Crippen LogP contribution is -3.00. The Bertz CT molecular complexity index is 875. The van der Waals surface area contributed by atoms with E-state index in [-0.39, 0.29) is 35.3 Å². The van der Waals surface area contributed by atoms with Gasteiger partial charge in [0.1, 0.15) is 0 Å². The Hall–Kier alpha value is -2.27. The van der Waals surface area contributed by atoms with E-state index in [1.54, 1.807) is 22.9 Å². The average molecular weight is 389 g/mol.